The fourth-order valence-corrected chi connectivity index (χ4v) is 0. The Bertz CT molecular complexity index is 10.1. The van der Waals surface area contributed by atoms with Crippen molar-refractivity contribution in [3.05, 3.63) is 0 Å². The van der Waals surface area contributed by atoms with Gasteiger partial charge in [-0.3, -0.25) is 0 Å². The average molecular weight is 357 g/mol. The molecule has 0 saturated carbocycles. The predicted octanol–water partition coefficient (Wildman–Crippen LogP) is -12.0. The zero-order valence-electron chi connectivity index (χ0n) is 8.83. The monoisotopic (exact) mass is 356 g/mol. The Labute approximate surface area is 121 Å². The van der Waals surface area contributed by atoms with Gasteiger partial charge in [0.05, 0.1) is 0 Å². The van der Waals surface area contributed by atoms with Gasteiger partial charge in [-0.05, 0) is 114 Å². The third kappa shape index (κ3) is 282. The molecule has 0 aliphatic rings. The van der Waals surface area contributed by atoms with Gasteiger partial charge in [0, 0.05) is 1.43 Å². The van der Waals surface area contributed by atoms with Crippen molar-refractivity contribution >= 4 is 114 Å². The third-order valence-electron chi connectivity index (χ3n) is 0. The Balaban J connectivity index is -0.00000000218. The van der Waals surface area contributed by atoms with Crippen LogP contribution in [0.15, 0.2) is 0 Å². The van der Waals surface area contributed by atoms with Gasteiger partial charge < -0.3 is 0 Å². The molecule has 0 spiro atoms. The zero-order chi connectivity index (χ0) is 6.71. The van der Waals surface area contributed by atoms with E-state index in [1.807, 2.05) is 0 Å². The summed E-state index contributed by atoms with van der Waals surface area (Å²) in [4.78, 5) is 0. The van der Waals surface area contributed by atoms with E-state index in [0.717, 1.165) is 0 Å². The van der Waals surface area contributed by atoms with Crippen molar-refractivity contribution in [3.8, 4) is 0 Å². The highest BCUT2D eigenvalue weighted by Gasteiger charge is 1.38. The van der Waals surface area contributed by atoms with Gasteiger partial charge in [-0.2, -0.15) is 0 Å². The second-order valence-corrected chi connectivity index (χ2v) is 6.36. The lowest BCUT2D eigenvalue weighted by molar-refractivity contribution is 2.14. The molecule has 12 heavy (non-hydrogen) atoms. The van der Waals surface area contributed by atoms with Crippen LogP contribution >= 0.6 is 0 Å². The van der Waals surface area contributed by atoms with Crippen LogP contribution in [0.3, 0.4) is 0 Å². The van der Waals surface area contributed by atoms with Gasteiger partial charge in [0.2, 0.25) is 0 Å². The first-order chi connectivity index (χ1) is 3.41. The van der Waals surface area contributed by atoms with E-state index >= 15 is 0 Å². The van der Waals surface area contributed by atoms with Crippen LogP contribution in [0, 0.1) is 0 Å². The van der Waals surface area contributed by atoms with E-state index in [-0.39, 0.29) is 56.3 Å². The highest BCUT2D eigenvalue weighted by atomic mass is 29.1. The van der Waals surface area contributed by atoms with Crippen molar-refractivity contribution in [1.29, 1.82) is 0 Å². The summed E-state index contributed by atoms with van der Waals surface area (Å²) >= 11 is 0. The lowest BCUT2D eigenvalue weighted by Crippen LogP contribution is -1.53. The van der Waals surface area contributed by atoms with Crippen molar-refractivity contribution in [2.24, 2.45) is 0 Å². The van der Waals surface area contributed by atoms with E-state index in [9.17, 15) is 0 Å². The summed E-state index contributed by atoms with van der Waals surface area (Å²) in [5.41, 5.74) is 1.53. The molecule has 0 aromatic heterocycles. The van der Waals surface area contributed by atoms with Gasteiger partial charge in [-0.15, -0.1) is 0 Å². The molecule has 0 rings (SSSR count). The van der Waals surface area contributed by atoms with E-state index in [1.54, 1.807) is 0 Å². The van der Waals surface area contributed by atoms with Crippen LogP contribution in [-0.2, 0) is 0 Å². The topological polar surface area (TPSA) is 0 Å². The Hall–Kier alpha value is 2.39. The molecule has 6 radical (unpaired) electrons. The van der Waals surface area contributed by atoms with E-state index in [1.165, 1.54) is 65.2 Å². The van der Waals surface area contributed by atoms with Crippen LogP contribution in [0.1, 0.15) is 1.43 Å². The molecule has 0 bridgehead atoms. The second kappa shape index (κ2) is 179. The van der Waals surface area contributed by atoms with E-state index in [4.69, 9.17) is 0 Å². The van der Waals surface area contributed by atoms with Crippen LogP contribution in [0.25, 0.3) is 0 Å². The lowest BCUT2D eigenvalue weighted by Gasteiger charge is -1.45. The SMILES string of the molecule is [HH].[SiH2].[SiH2].[SiH2].[SiH3]C[SiH3].[SiH3][SiH3].[SiH3][SiH3].[SiH4].[SiH4]. The molecule has 0 amide bonds. The molecule has 0 aromatic carbocycles. The normalized spacial score (nSPS) is 4.00. The summed E-state index contributed by atoms with van der Waals surface area (Å²) in [6.45, 7) is 0. The maximum Gasteiger partial charge on any atom is 0 e. The number of hydrogen-bond donors (Lipinski definition) is 0. The first-order valence-corrected chi connectivity index (χ1v) is 22.2. The van der Waals surface area contributed by atoms with Crippen LogP contribution < -0.4 is 0 Å². The summed E-state index contributed by atoms with van der Waals surface area (Å²) in [5, 5.41) is 0. The average Bonchev–Trinajstić information content (AvgIpc) is 1.78. The quantitative estimate of drug-likeness (QED) is 0.378. The highest BCUT2D eigenvalue weighted by Crippen LogP contribution is 1.36. The first-order valence-electron chi connectivity index (χ1n) is 3.41. The fraction of sp³-hybridized carbons (Fsp3) is 1.00. The van der Waals surface area contributed by atoms with Crippen LogP contribution in [0.2, 0.25) is 5.67 Å². The van der Waals surface area contributed by atoms with Gasteiger partial charge >= 0.3 is 0 Å². The van der Waals surface area contributed by atoms with Crippen molar-refractivity contribution in [2.75, 3.05) is 0 Å². The highest BCUT2D eigenvalue weighted by molar-refractivity contribution is 6.76. The molecule has 0 heterocycles. The molecule has 0 aliphatic carbocycles. The molecule has 11 heteroatoms. The smallest absolute Gasteiger partial charge is 0 e. The van der Waals surface area contributed by atoms with Crippen molar-refractivity contribution in [2.45, 2.75) is 5.67 Å². The first kappa shape index (κ1) is 63.2. The molecule has 0 aliphatic heterocycles. The van der Waals surface area contributed by atoms with E-state index in [2.05, 4.69) is 0 Å². The summed E-state index contributed by atoms with van der Waals surface area (Å²) in [7, 11) is 8.64. The Morgan fingerprint density at radius 3 is 0.667 bits per heavy atom. The molecule has 0 unspecified atom stereocenters. The lowest BCUT2D eigenvalue weighted by atomic mass is 11.9. The Morgan fingerprint density at radius 1 is 0.667 bits per heavy atom. The maximum atomic E-state index is 1.53. The molecule has 0 fully saturated rings. The maximum absolute atomic E-state index is 1.53. The van der Waals surface area contributed by atoms with Crippen molar-refractivity contribution in [3.63, 3.8) is 0 Å². The minimum atomic E-state index is 0. The fourth-order valence-electron chi connectivity index (χ4n) is 0. The summed E-state index contributed by atoms with van der Waals surface area (Å²) in [6, 6.07) is 0. The summed E-state index contributed by atoms with van der Waals surface area (Å²) in [6.07, 6.45) is 0. The molecule has 0 N–H and O–H groups in total. The molecule has 0 atom stereocenters. The molecular weight excluding hydrogens is 321 g/mol. The van der Waals surface area contributed by atoms with Crippen molar-refractivity contribution < 1.29 is 1.43 Å². The van der Waals surface area contributed by atoms with Gasteiger partial charge in [0.1, 0.15) is 0 Å². The minimum absolute atomic E-state index is 0. The van der Waals surface area contributed by atoms with E-state index < -0.39 is 0 Å². The second-order valence-electron chi connectivity index (χ2n) is 0.707. The molecule has 0 saturated heterocycles. The van der Waals surface area contributed by atoms with Crippen LogP contribution in [0.4, 0.5) is 0 Å². The molecule has 0 aromatic rings. The Kier molecular flexibility index (Phi) is 944. The number of rotatable bonds is 0. The third-order valence-corrected chi connectivity index (χ3v) is 0. The molecule has 84 valence electrons. The number of hydrogen-bond acceptors (Lipinski definition) is 0. The summed E-state index contributed by atoms with van der Waals surface area (Å²) < 4.78 is 0. The van der Waals surface area contributed by atoms with Gasteiger partial charge in [0.25, 0.3) is 0 Å². The van der Waals surface area contributed by atoms with Gasteiger partial charge in [-0.25, -0.2) is 0 Å². The van der Waals surface area contributed by atoms with Crippen LogP contribution in [-0.4, -0.2) is 114 Å². The van der Waals surface area contributed by atoms with Crippen LogP contribution in [0.5, 0.6) is 0 Å². The summed E-state index contributed by atoms with van der Waals surface area (Å²) in [5.74, 6) is 0. The largest absolute Gasteiger partial charge is 0.0778 e. The van der Waals surface area contributed by atoms with E-state index in [0.29, 0.717) is 0 Å². The predicted molar refractivity (Wildman–Crippen MR) is 115 cm³/mol. The minimum Gasteiger partial charge on any atom is -0.0778 e. The standard InChI is InChI=1S/CH8Si2.2H6Si2.2H4Si.3H2Si.H2/c2-1-3;2*1-2;;;;;;/h1H2,2-3H3;2*1-2H3;2*1H4;3*1H2;1H. The van der Waals surface area contributed by atoms with Crippen molar-refractivity contribution in [1.82, 2.24) is 0 Å². The van der Waals surface area contributed by atoms with Gasteiger partial charge in [0.15, 0.2) is 0 Å². The molecule has 0 nitrogen and oxygen atoms in total. The zero-order valence-corrected chi connectivity index (χ0v) is 25.1. The van der Waals surface area contributed by atoms with Gasteiger partial charge in [-0.1, -0.05) is 5.67 Å². The Morgan fingerprint density at radius 2 is 0.667 bits per heavy atom. The molecular formula is CH36Si11.